The van der Waals surface area contributed by atoms with Gasteiger partial charge in [0.05, 0.1) is 6.04 Å². The molecule has 0 spiro atoms. The minimum Gasteiger partial charge on any atom is -0.508 e. The molecule has 2 N–H and O–H groups in total. The Kier molecular flexibility index (Phi) is 3.42. The van der Waals surface area contributed by atoms with Crippen molar-refractivity contribution < 1.29 is 14.6 Å². The molecule has 1 aromatic rings. The zero-order valence-electron chi connectivity index (χ0n) is 8.19. The van der Waals surface area contributed by atoms with Crippen molar-refractivity contribution in [2.45, 2.75) is 13.0 Å². The predicted octanol–water partition coefficient (Wildman–Crippen LogP) is 1.90. The van der Waals surface area contributed by atoms with Gasteiger partial charge in [0.2, 0.25) is 0 Å². The number of hydrogen-bond acceptors (Lipinski definition) is 3. The van der Waals surface area contributed by atoms with E-state index in [1.165, 1.54) is 0 Å². The van der Waals surface area contributed by atoms with Crippen LogP contribution < -0.4 is 5.32 Å². The number of rotatable bonds is 1. The first-order valence-corrected chi connectivity index (χ1v) is 4.39. The van der Waals surface area contributed by atoms with Crippen molar-refractivity contribution >= 4 is 18.5 Å². The number of halogens is 1. The van der Waals surface area contributed by atoms with Crippen molar-refractivity contribution in [3.63, 3.8) is 0 Å². The first-order valence-electron chi connectivity index (χ1n) is 4.39. The van der Waals surface area contributed by atoms with E-state index in [9.17, 15) is 9.90 Å². The molecule has 82 valence electrons. The third-order valence-corrected chi connectivity index (χ3v) is 2.23. The molecule has 0 unspecified atom stereocenters. The molecule has 1 aliphatic heterocycles. The predicted molar refractivity (Wildman–Crippen MR) is 57.3 cm³/mol. The van der Waals surface area contributed by atoms with E-state index in [4.69, 9.17) is 4.74 Å². The smallest absolute Gasteiger partial charge is 0.407 e. The second-order valence-corrected chi connectivity index (χ2v) is 3.36. The van der Waals surface area contributed by atoms with Gasteiger partial charge in [0, 0.05) is 5.56 Å². The topological polar surface area (TPSA) is 58.6 Å². The lowest BCUT2D eigenvalue weighted by atomic mass is 10.0. The van der Waals surface area contributed by atoms with Crippen LogP contribution in [0.2, 0.25) is 0 Å². The first-order chi connectivity index (χ1) is 6.66. The molecule has 1 aliphatic rings. The highest BCUT2D eigenvalue weighted by atomic mass is 35.5. The average molecular weight is 230 g/mol. The summed E-state index contributed by atoms with van der Waals surface area (Å²) in [4.78, 5) is 10.8. The fourth-order valence-corrected chi connectivity index (χ4v) is 1.51. The Morgan fingerprint density at radius 1 is 1.53 bits per heavy atom. The van der Waals surface area contributed by atoms with Crippen LogP contribution in [0, 0.1) is 6.92 Å². The van der Waals surface area contributed by atoms with Gasteiger partial charge in [-0.15, -0.1) is 12.4 Å². The Morgan fingerprint density at radius 2 is 2.27 bits per heavy atom. The molecule has 0 saturated carbocycles. The summed E-state index contributed by atoms with van der Waals surface area (Å²) < 4.78 is 4.75. The number of ether oxygens (including phenoxy) is 1. The normalized spacial score (nSPS) is 19.0. The van der Waals surface area contributed by atoms with Crippen molar-refractivity contribution in [1.29, 1.82) is 0 Å². The Balaban J connectivity index is 0.00000112. The van der Waals surface area contributed by atoms with E-state index in [1.54, 1.807) is 6.07 Å². The highest BCUT2D eigenvalue weighted by molar-refractivity contribution is 5.85. The highest BCUT2D eigenvalue weighted by Crippen LogP contribution is 2.27. The van der Waals surface area contributed by atoms with E-state index < -0.39 is 6.09 Å². The van der Waals surface area contributed by atoms with Crippen LogP contribution in [0.15, 0.2) is 18.2 Å². The Morgan fingerprint density at radius 3 is 2.87 bits per heavy atom. The fourth-order valence-electron chi connectivity index (χ4n) is 1.51. The van der Waals surface area contributed by atoms with Gasteiger partial charge in [-0.05, 0) is 13.0 Å². The standard InChI is InChI=1S/C10H11NO3.ClH/c1-6-2-3-9(12)7(4-6)8-5-14-10(13)11-8;/h2-4,8,12H,5H2,1H3,(H,11,13);1H/t8-;/m1./s1. The number of cyclic esters (lactones) is 1. The molecule has 2 rings (SSSR count). The maximum atomic E-state index is 10.8. The summed E-state index contributed by atoms with van der Waals surface area (Å²) in [6, 6.07) is 5.04. The van der Waals surface area contributed by atoms with E-state index in [1.807, 2.05) is 19.1 Å². The minimum absolute atomic E-state index is 0. The highest BCUT2D eigenvalue weighted by Gasteiger charge is 2.25. The summed E-state index contributed by atoms with van der Waals surface area (Å²) >= 11 is 0. The molecule has 1 saturated heterocycles. The van der Waals surface area contributed by atoms with Crippen LogP contribution in [0.25, 0.3) is 0 Å². The number of amides is 1. The monoisotopic (exact) mass is 229 g/mol. The molecule has 0 bridgehead atoms. The molecule has 0 radical (unpaired) electrons. The lowest BCUT2D eigenvalue weighted by molar-refractivity contribution is 0.177. The van der Waals surface area contributed by atoms with Gasteiger partial charge in [0.25, 0.3) is 0 Å². The largest absolute Gasteiger partial charge is 0.508 e. The maximum Gasteiger partial charge on any atom is 0.407 e. The molecule has 0 aromatic heterocycles. The molecule has 0 aliphatic carbocycles. The lowest BCUT2D eigenvalue weighted by Gasteiger charge is -2.10. The zero-order chi connectivity index (χ0) is 10.1. The van der Waals surface area contributed by atoms with Crippen molar-refractivity contribution in [3.05, 3.63) is 29.3 Å². The first kappa shape index (κ1) is 11.7. The molecule has 1 fully saturated rings. The summed E-state index contributed by atoms with van der Waals surface area (Å²) in [5.74, 6) is 0.186. The minimum atomic E-state index is -0.434. The van der Waals surface area contributed by atoms with E-state index in [0.29, 0.717) is 5.56 Å². The van der Waals surface area contributed by atoms with Crippen LogP contribution in [0.3, 0.4) is 0 Å². The summed E-state index contributed by atoms with van der Waals surface area (Å²) in [6.45, 7) is 2.20. The number of aromatic hydroxyl groups is 1. The van der Waals surface area contributed by atoms with Crippen molar-refractivity contribution in [3.8, 4) is 5.75 Å². The number of benzene rings is 1. The quantitative estimate of drug-likeness (QED) is 0.773. The van der Waals surface area contributed by atoms with Gasteiger partial charge in [0.1, 0.15) is 12.4 Å². The molecule has 15 heavy (non-hydrogen) atoms. The number of alkyl carbamates (subject to hydrolysis) is 1. The van der Waals surface area contributed by atoms with Crippen LogP contribution in [-0.4, -0.2) is 17.8 Å². The van der Waals surface area contributed by atoms with Crippen LogP contribution in [-0.2, 0) is 4.74 Å². The van der Waals surface area contributed by atoms with Gasteiger partial charge in [-0.2, -0.15) is 0 Å². The second kappa shape index (κ2) is 4.40. The van der Waals surface area contributed by atoms with E-state index in [2.05, 4.69) is 5.32 Å². The van der Waals surface area contributed by atoms with Gasteiger partial charge < -0.3 is 15.2 Å². The Bertz CT molecular complexity index is 381. The van der Waals surface area contributed by atoms with Crippen molar-refractivity contribution in [2.24, 2.45) is 0 Å². The van der Waals surface area contributed by atoms with Crippen LogP contribution in [0.4, 0.5) is 4.79 Å². The molecule has 5 heteroatoms. The summed E-state index contributed by atoms with van der Waals surface area (Å²) in [5.41, 5.74) is 1.75. The molecular weight excluding hydrogens is 218 g/mol. The number of carbonyl (C=O) groups is 1. The fraction of sp³-hybridized carbons (Fsp3) is 0.300. The third kappa shape index (κ3) is 2.33. The van der Waals surface area contributed by atoms with Gasteiger partial charge in [-0.3, -0.25) is 0 Å². The number of hydrogen-bond donors (Lipinski definition) is 2. The number of carbonyl (C=O) groups excluding carboxylic acids is 1. The molecule has 1 aromatic carbocycles. The van der Waals surface area contributed by atoms with Gasteiger partial charge in [-0.25, -0.2) is 4.79 Å². The number of nitrogens with one attached hydrogen (secondary N) is 1. The van der Waals surface area contributed by atoms with Gasteiger partial charge in [0.15, 0.2) is 0 Å². The summed E-state index contributed by atoms with van der Waals surface area (Å²) in [6.07, 6.45) is -0.434. The second-order valence-electron chi connectivity index (χ2n) is 3.36. The third-order valence-electron chi connectivity index (χ3n) is 2.23. The van der Waals surface area contributed by atoms with Crippen molar-refractivity contribution in [2.75, 3.05) is 6.61 Å². The van der Waals surface area contributed by atoms with Crippen LogP contribution in [0.1, 0.15) is 17.2 Å². The van der Waals surface area contributed by atoms with Crippen molar-refractivity contribution in [1.82, 2.24) is 5.32 Å². The average Bonchev–Trinajstić information content (AvgIpc) is 2.56. The number of phenols is 1. The molecular formula is C10H12ClNO3. The zero-order valence-corrected chi connectivity index (χ0v) is 9.00. The van der Waals surface area contributed by atoms with E-state index in [-0.39, 0.29) is 30.8 Å². The summed E-state index contributed by atoms with van der Waals surface area (Å²) in [7, 11) is 0. The van der Waals surface area contributed by atoms with Crippen LogP contribution in [0.5, 0.6) is 5.75 Å². The van der Waals surface area contributed by atoms with Gasteiger partial charge >= 0.3 is 6.09 Å². The number of phenolic OH excluding ortho intramolecular Hbond substituents is 1. The van der Waals surface area contributed by atoms with Gasteiger partial charge in [-0.1, -0.05) is 17.7 Å². The number of aryl methyl sites for hydroxylation is 1. The lowest BCUT2D eigenvalue weighted by Crippen LogP contribution is -2.18. The molecule has 4 nitrogen and oxygen atoms in total. The van der Waals surface area contributed by atoms with E-state index in [0.717, 1.165) is 5.56 Å². The Hall–Kier alpha value is -1.42. The SMILES string of the molecule is Cc1ccc(O)c([C@H]2COC(=O)N2)c1.Cl. The maximum absolute atomic E-state index is 10.8. The summed E-state index contributed by atoms with van der Waals surface area (Å²) in [5, 5.41) is 12.2. The van der Waals surface area contributed by atoms with E-state index >= 15 is 0 Å². The van der Waals surface area contributed by atoms with Crippen LogP contribution >= 0.6 is 12.4 Å². The molecule has 1 atom stereocenters. The Labute approximate surface area is 93.7 Å². The molecule has 1 heterocycles. The molecule has 1 amide bonds.